The summed E-state index contributed by atoms with van der Waals surface area (Å²) in [4.78, 5) is 0. The summed E-state index contributed by atoms with van der Waals surface area (Å²) < 4.78 is 0. The minimum atomic E-state index is 0. The summed E-state index contributed by atoms with van der Waals surface area (Å²) >= 11 is 4.24. The molecule has 0 saturated heterocycles. The lowest BCUT2D eigenvalue weighted by Crippen LogP contribution is -1.47. The molecular weight excluding hydrogens is 501 g/mol. The molecule has 0 aliphatic heterocycles. The van der Waals surface area contributed by atoms with E-state index in [9.17, 15) is 0 Å². The maximum absolute atomic E-state index is 2.18. The molecule has 3 heteroatoms. The van der Waals surface area contributed by atoms with Crippen molar-refractivity contribution in [3.63, 3.8) is 0 Å². The van der Waals surface area contributed by atoms with E-state index in [4.69, 9.17) is 0 Å². The Hall–Kier alpha value is 2.19. The Morgan fingerprint density at radius 1 is 0.615 bits per heavy atom. The molecule has 0 nitrogen and oxygen atoms in total. The van der Waals surface area contributed by atoms with E-state index in [1.807, 2.05) is 13.8 Å². The highest BCUT2D eigenvalue weighted by atomic mass is 128. The lowest BCUT2D eigenvalue weighted by molar-refractivity contribution is 0.886. The van der Waals surface area contributed by atoms with Gasteiger partial charge in [-0.05, 0) is 0 Å². The minimum absolute atomic E-state index is 0. The molecule has 0 rings (SSSR count). The van der Waals surface area contributed by atoms with Crippen LogP contribution in [0.15, 0.2) is 0 Å². The Morgan fingerprint density at radius 3 is 0.692 bits per heavy atom. The normalized spacial score (nSPS) is 5.54. The molecule has 0 aromatic rings. The van der Waals surface area contributed by atoms with Crippen molar-refractivity contribution in [2.24, 2.45) is 0 Å². The van der Waals surface area contributed by atoms with Gasteiger partial charge in [-0.1, -0.05) is 67.2 Å². The molecule has 0 bridgehead atoms. The van der Waals surface area contributed by atoms with E-state index in [1.165, 1.54) is 25.7 Å². The molecule has 0 saturated carbocycles. The molecule has 0 atom stereocenters. The maximum Gasteiger partial charge on any atom is 0 e. The van der Waals surface area contributed by atoms with Crippen molar-refractivity contribution in [3.05, 3.63) is 0 Å². The van der Waals surface area contributed by atoms with Gasteiger partial charge in [0.2, 0.25) is 0 Å². The first-order chi connectivity index (χ1) is 5.83. The van der Waals surface area contributed by atoms with Crippen LogP contribution in [0.3, 0.4) is 0 Å². The lowest BCUT2D eigenvalue weighted by atomic mass is 10.4. The summed E-state index contributed by atoms with van der Waals surface area (Å²) in [6, 6.07) is 0. The van der Waals surface area contributed by atoms with Gasteiger partial charge in [0.15, 0.2) is 0 Å². The summed E-state index contributed by atoms with van der Waals surface area (Å²) in [5, 5.41) is 0. The van der Waals surface area contributed by atoms with Gasteiger partial charge in [0.05, 0.1) is 0 Å². The van der Waals surface area contributed by atoms with E-state index in [0.29, 0.717) is 0 Å². The number of unbranched alkanes of at least 4 members (excludes halogenated alkanes) is 2. The predicted octanol–water partition coefficient (Wildman–Crippen LogP) is 7.03. The molecule has 0 spiro atoms. The highest BCUT2D eigenvalue weighted by molar-refractivity contribution is 15.0. The van der Waals surface area contributed by atoms with E-state index in [0.717, 1.165) is 0 Å². The van der Waals surface area contributed by atoms with Crippen LogP contribution in [0.1, 0.15) is 67.2 Å². The SMILES string of the molecule is CC.CCCC.CCCC.I.II. The minimum Gasteiger partial charge on any atom is -0.107 e. The van der Waals surface area contributed by atoms with Crippen LogP contribution in [0.5, 0.6) is 0 Å². The van der Waals surface area contributed by atoms with Crippen molar-refractivity contribution in [1.82, 2.24) is 0 Å². The Morgan fingerprint density at radius 2 is 0.692 bits per heavy atom. The number of rotatable bonds is 2. The average Bonchev–Trinajstić information content (AvgIpc) is 2.23. The second kappa shape index (κ2) is 64.4. The van der Waals surface area contributed by atoms with Crippen LogP contribution < -0.4 is 0 Å². The summed E-state index contributed by atoms with van der Waals surface area (Å²) in [7, 11) is 0. The van der Waals surface area contributed by atoms with Gasteiger partial charge in [0, 0.05) is 37.2 Å². The van der Waals surface area contributed by atoms with Crippen molar-refractivity contribution in [3.8, 4) is 0 Å². The van der Waals surface area contributed by atoms with Crippen LogP contribution in [0.25, 0.3) is 0 Å². The van der Waals surface area contributed by atoms with Crippen LogP contribution in [0.2, 0.25) is 0 Å². The molecule has 13 heavy (non-hydrogen) atoms. The summed E-state index contributed by atoms with van der Waals surface area (Å²) in [6.45, 7) is 12.7. The molecule has 0 aliphatic carbocycles. The molecule has 88 valence electrons. The molecule has 0 aromatic heterocycles. The highest BCUT2D eigenvalue weighted by Crippen LogP contribution is 1.89. The zero-order chi connectivity index (χ0) is 10.8. The number of halogens is 3. The van der Waals surface area contributed by atoms with Crippen LogP contribution in [-0.4, -0.2) is 0 Å². The van der Waals surface area contributed by atoms with Gasteiger partial charge in [0.25, 0.3) is 0 Å². The van der Waals surface area contributed by atoms with Crippen molar-refractivity contribution >= 4 is 61.2 Å². The molecule has 0 N–H and O–H groups in total. The molecular formula is C10H27I3. The van der Waals surface area contributed by atoms with Crippen LogP contribution in [0.4, 0.5) is 0 Å². The Labute approximate surface area is 127 Å². The number of hydrogen-bond donors (Lipinski definition) is 0. The second-order valence-corrected chi connectivity index (χ2v) is 2.00. The Bertz CT molecular complexity index is 18.1. The first-order valence-corrected chi connectivity index (χ1v) is 11.3. The van der Waals surface area contributed by atoms with Crippen molar-refractivity contribution in [2.75, 3.05) is 0 Å². The van der Waals surface area contributed by atoms with Gasteiger partial charge in [-0.3, -0.25) is 0 Å². The molecule has 0 heterocycles. The molecule has 0 unspecified atom stereocenters. The highest BCUT2D eigenvalue weighted by Gasteiger charge is 1.56. The first-order valence-electron chi connectivity index (χ1n) is 4.97. The first kappa shape index (κ1) is 29.5. The molecule has 0 aliphatic rings. The van der Waals surface area contributed by atoms with Crippen molar-refractivity contribution in [1.29, 1.82) is 0 Å². The fraction of sp³-hybridized carbons (Fsp3) is 1.00. The number of hydrogen-bond acceptors (Lipinski definition) is 0. The van der Waals surface area contributed by atoms with Gasteiger partial charge < -0.3 is 0 Å². The van der Waals surface area contributed by atoms with Crippen LogP contribution >= 0.6 is 61.2 Å². The van der Waals surface area contributed by atoms with E-state index in [-0.39, 0.29) is 24.0 Å². The van der Waals surface area contributed by atoms with Crippen LogP contribution in [-0.2, 0) is 0 Å². The van der Waals surface area contributed by atoms with Gasteiger partial charge in [-0.15, -0.1) is 24.0 Å². The summed E-state index contributed by atoms with van der Waals surface area (Å²) in [6.07, 6.45) is 5.28. The second-order valence-electron chi connectivity index (χ2n) is 2.00. The standard InChI is InChI=1S/2C4H10.C2H6.I2.HI/c2*1-3-4-2;2*1-2;/h2*3-4H2,1-2H3;1-2H3;;1H. The van der Waals surface area contributed by atoms with Gasteiger partial charge in [0.1, 0.15) is 0 Å². The fourth-order valence-electron chi connectivity index (χ4n) is 0. The summed E-state index contributed by atoms with van der Waals surface area (Å²) in [5.41, 5.74) is 0. The molecule has 0 amide bonds. The van der Waals surface area contributed by atoms with Crippen LogP contribution in [0, 0.1) is 0 Å². The third kappa shape index (κ3) is 120. The van der Waals surface area contributed by atoms with E-state index in [2.05, 4.69) is 64.9 Å². The Balaban J connectivity index is -0.0000000226. The third-order valence-electron chi connectivity index (χ3n) is 1.000. The quantitative estimate of drug-likeness (QED) is 0.338. The molecule has 0 radical (unpaired) electrons. The monoisotopic (exact) mass is 528 g/mol. The predicted molar refractivity (Wildman–Crippen MR) is 96.0 cm³/mol. The third-order valence-corrected chi connectivity index (χ3v) is 1.000. The molecule has 0 fully saturated rings. The van der Waals surface area contributed by atoms with Crippen molar-refractivity contribution in [2.45, 2.75) is 67.2 Å². The maximum atomic E-state index is 2.18. The zero-order valence-electron chi connectivity index (χ0n) is 9.99. The topological polar surface area (TPSA) is 0 Å². The van der Waals surface area contributed by atoms with Gasteiger partial charge >= 0.3 is 0 Å². The van der Waals surface area contributed by atoms with Gasteiger partial charge in [-0.2, -0.15) is 0 Å². The van der Waals surface area contributed by atoms with Crippen molar-refractivity contribution < 1.29 is 0 Å². The Kier molecular flexibility index (Phi) is 146. The fourth-order valence-corrected chi connectivity index (χ4v) is 0. The average molecular weight is 528 g/mol. The van der Waals surface area contributed by atoms with E-state index < -0.39 is 0 Å². The summed E-state index contributed by atoms with van der Waals surface area (Å²) in [5.74, 6) is 0. The largest absolute Gasteiger partial charge is 0.107 e. The molecule has 0 aromatic carbocycles. The van der Waals surface area contributed by atoms with E-state index >= 15 is 0 Å². The smallest absolute Gasteiger partial charge is 0 e. The lowest BCUT2D eigenvalue weighted by Gasteiger charge is -1.68. The van der Waals surface area contributed by atoms with E-state index in [1.54, 1.807) is 0 Å². The zero-order valence-corrected chi connectivity index (χ0v) is 16.6. The van der Waals surface area contributed by atoms with Gasteiger partial charge in [-0.25, -0.2) is 0 Å².